The fourth-order valence-corrected chi connectivity index (χ4v) is 4.43. The molecule has 2 N–H and O–H groups in total. The normalized spacial score (nSPS) is 11.6. The summed E-state index contributed by atoms with van der Waals surface area (Å²) in [7, 11) is 0. The van der Waals surface area contributed by atoms with E-state index in [0.29, 0.717) is 23.5 Å². The number of thiophene rings is 1. The summed E-state index contributed by atoms with van der Waals surface area (Å²) in [5, 5.41) is 11.7. The SMILES string of the molecule is CC(=O)CCCCC[C@H](NC(=O)c1ccsc1)C(=O)Nc1nc(-c2ccccc2)cs1. The van der Waals surface area contributed by atoms with Crippen LogP contribution in [-0.2, 0) is 9.59 Å². The van der Waals surface area contributed by atoms with E-state index in [0.717, 1.165) is 30.5 Å². The van der Waals surface area contributed by atoms with Crippen LogP contribution in [0.3, 0.4) is 0 Å². The number of nitrogens with one attached hydrogen (secondary N) is 2. The molecule has 31 heavy (non-hydrogen) atoms. The lowest BCUT2D eigenvalue weighted by Crippen LogP contribution is -2.43. The molecule has 0 aliphatic carbocycles. The predicted molar refractivity (Wildman–Crippen MR) is 126 cm³/mol. The Morgan fingerprint density at radius 1 is 1.03 bits per heavy atom. The van der Waals surface area contributed by atoms with Gasteiger partial charge in [0.05, 0.1) is 11.3 Å². The first-order chi connectivity index (χ1) is 15.0. The maximum absolute atomic E-state index is 12.9. The predicted octanol–water partition coefficient (Wildman–Crippen LogP) is 5.15. The average molecular weight is 456 g/mol. The second-order valence-electron chi connectivity index (χ2n) is 7.23. The van der Waals surface area contributed by atoms with Crippen LogP contribution < -0.4 is 10.6 Å². The lowest BCUT2D eigenvalue weighted by atomic mass is 10.1. The van der Waals surface area contributed by atoms with Crippen molar-refractivity contribution in [3.63, 3.8) is 0 Å². The Balaban J connectivity index is 1.62. The van der Waals surface area contributed by atoms with Gasteiger partial charge >= 0.3 is 0 Å². The Hall–Kier alpha value is -2.84. The highest BCUT2D eigenvalue weighted by atomic mass is 32.1. The number of Topliss-reactive ketones (excluding diaryl/α,β-unsaturated/α-hetero) is 1. The Morgan fingerprint density at radius 3 is 2.55 bits per heavy atom. The van der Waals surface area contributed by atoms with E-state index < -0.39 is 6.04 Å². The van der Waals surface area contributed by atoms with Gasteiger partial charge in [-0.2, -0.15) is 11.3 Å². The Kier molecular flexibility index (Phi) is 8.49. The van der Waals surface area contributed by atoms with E-state index in [-0.39, 0.29) is 17.6 Å². The highest BCUT2D eigenvalue weighted by molar-refractivity contribution is 7.14. The fraction of sp³-hybridized carbons (Fsp3) is 0.304. The first-order valence-electron chi connectivity index (χ1n) is 10.2. The minimum atomic E-state index is -0.672. The number of unbranched alkanes of at least 4 members (excludes halogenated alkanes) is 2. The zero-order chi connectivity index (χ0) is 22.1. The summed E-state index contributed by atoms with van der Waals surface area (Å²) in [5.74, 6) is -0.392. The number of thiazole rings is 1. The van der Waals surface area contributed by atoms with Gasteiger partial charge in [0.25, 0.3) is 5.91 Å². The molecule has 0 saturated heterocycles. The summed E-state index contributed by atoms with van der Waals surface area (Å²) >= 11 is 2.78. The van der Waals surface area contributed by atoms with Gasteiger partial charge in [0, 0.05) is 22.7 Å². The van der Waals surface area contributed by atoms with Crippen molar-refractivity contribution in [1.82, 2.24) is 10.3 Å². The van der Waals surface area contributed by atoms with Gasteiger partial charge in [-0.05, 0) is 31.2 Å². The third kappa shape index (κ3) is 7.11. The van der Waals surface area contributed by atoms with E-state index in [1.54, 1.807) is 18.4 Å². The molecule has 0 bridgehead atoms. The third-order valence-electron chi connectivity index (χ3n) is 4.73. The number of amides is 2. The maximum atomic E-state index is 12.9. The minimum absolute atomic E-state index is 0.165. The number of benzene rings is 1. The Bertz CT molecular complexity index is 1000. The molecule has 2 aromatic heterocycles. The molecule has 3 rings (SSSR count). The summed E-state index contributed by atoms with van der Waals surface area (Å²) in [6.45, 7) is 1.58. The van der Waals surface area contributed by atoms with Gasteiger partial charge in [0.2, 0.25) is 5.91 Å². The number of aromatic nitrogens is 1. The molecule has 0 unspecified atom stereocenters. The molecule has 0 aliphatic heterocycles. The fourth-order valence-electron chi connectivity index (χ4n) is 3.07. The molecule has 8 heteroatoms. The van der Waals surface area contributed by atoms with Gasteiger partial charge in [-0.3, -0.25) is 9.59 Å². The highest BCUT2D eigenvalue weighted by Crippen LogP contribution is 2.25. The van der Waals surface area contributed by atoms with E-state index >= 15 is 0 Å². The quantitative estimate of drug-likeness (QED) is 0.392. The van der Waals surface area contributed by atoms with Crippen molar-refractivity contribution in [3.8, 4) is 11.3 Å². The first kappa shape index (κ1) is 22.8. The van der Waals surface area contributed by atoms with Crippen molar-refractivity contribution < 1.29 is 14.4 Å². The number of hydrogen-bond donors (Lipinski definition) is 2. The van der Waals surface area contributed by atoms with Gasteiger partial charge in [-0.25, -0.2) is 4.98 Å². The Labute approximate surface area is 189 Å². The van der Waals surface area contributed by atoms with E-state index in [2.05, 4.69) is 15.6 Å². The second kappa shape index (κ2) is 11.5. The maximum Gasteiger partial charge on any atom is 0.252 e. The number of anilines is 1. The van der Waals surface area contributed by atoms with Crippen LogP contribution in [0.5, 0.6) is 0 Å². The van der Waals surface area contributed by atoms with Gasteiger partial charge < -0.3 is 15.4 Å². The molecular formula is C23H25N3O3S2. The number of ketones is 1. The third-order valence-corrected chi connectivity index (χ3v) is 6.17. The molecule has 162 valence electrons. The highest BCUT2D eigenvalue weighted by Gasteiger charge is 2.22. The van der Waals surface area contributed by atoms with Crippen LogP contribution in [0.15, 0.2) is 52.5 Å². The van der Waals surface area contributed by atoms with E-state index in [1.165, 1.54) is 22.7 Å². The number of hydrogen-bond acceptors (Lipinski definition) is 6. The lowest BCUT2D eigenvalue weighted by molar-refractivity contribution is -0.118. The van der Waals surface area contributed by atoms with E-state index in [4.69, 9.17) is 0 Å². The number of carbonyl (C=O) groups is 3. The molecule has 3 aromatic rings. The molecule has 0 fully saturated rings. The van der Waals surface area contributed by atoms with Crippen molar-refractivity contribution in [2.45, 2.75) is 45.1 Å². The number of rotatable bonds is 11. The van der Waals surface area contributed by atoms with Crippen LogP contribution in [0.1, 0.15) is 49.4 Å². The van der Waals surface area contributed by atoms with Crippen LogP contribution in [0, 0.1) is 0 Å². The summed E-state index contributed by atoms with van der Waals surface area (Å²) in [6.07, 6.45) is 3.39. The largest absolute Gasteiger partial charge is 0.340 e. The molecule has 2 amide bonds. The molecule has 1 aromatic carbocycles. The van der Waals surface area contributed by atoms with Crippen molar-refractivity contribution in [3.05, 3.63) is 58.1 Å². The second-order valence-corrected chi connectivity index (χ2v) is 8.87. The minimum Gasteiger partial charge on any atom is -0.340 e. The van der Waals surface area contributed by atoms with Crippen LogP contribution in [0.2, 0.25) is 0 Å². The smallest absolute Gasteiger partial charge is 0.252 e. The molecular weight excluding hydrogens is 430 g/mol. The average Bonchev–Trinajstić information content (AvgIpc) is 3.45. The molecule has 2 heterocycles. The summed E-state index contributed by atoms with van der Waals surface area (Å²) in [6, 6.07) is 10.8. The van der Waals surface area contributed by atoms with E-state index in [1.807, 2.05) is 41.1 Å². The Morgan fingerprint density at radius 2 is 1.84 bits per heavy atom. The van der Waals surface area contributed by atoms with Crippen molar-refractivity contribution in [2.75, 3.05) is 5.32 Å². The van der Waals surface area contributed by atoms with Crippen molar-refractivity contribution >= 4 is 45.4 Å². The molecule has 0 saturated carbocycles. The first-order valence-corrected chi connectivity index (χ1v) is 12.0. The topological polar surface area (TPSA) is 88.2 Å². The van der Waals surface area contributed by atoms with Crippen LogP contribution in [0.25, 0.3) is 11.3 Å². The molecule has 0 aliphatic rings. The standard InChI is InChI=1S/C23H25N3O3S2/c1-16(27)8-4-2-7-11-19(24-21(28)18-12-13-30-14-18)22(29)26-23-25-20(15-31-23)17-9-5-3-6-10-17/h3,5-6,9-10,12-15,19H,2,4,7-8,11H2,1H3,(H,24,28)(H,25,26,29)/t19-/m0/s1. The van der Waals surface area contributed by atoms with Crippen LogP contribution >= 0.6 is 22.7 Å². The number of nitrogens with zero attached hydrogens (tertiary/aromatic N) is 1. The summed E-state index contributed by atoms with van der Waals surface area (Å²) in [5.41, 5.74) is 2.32. The zero-order valence-electron chi connectivity index (χ0n) is 17.3. The summed E-state index contributed by atoms with van der Waals surface area (Å²) < 4.78 is 0. The molecule has 0 radical (unpaired) electrons. The van der Waals surface area contributed by atoms with Crippen LogP contribution in [-0.4, -0.2) is 28.6 Å². The van der Waals surface area contributed by atoms with Gasteiger partial charge in [-0.15, -0.1) is 11.3 Å². The lowest BCUT2D eigenvalue weighted by Gasteiger charge is -2.17. The van der Waals surface area contributed by atoms with E-state index in [9.17, 15) is 14.4 Å². The van der Waals surface area contributed by atoms with Gasteiger partial charge in [-0.1, -0.05) is 43.2 Å². The van der Waals surface area contributed by atoms with Crippen molar-refractivity contribution in [2.24, 2.45) is 0 Å². The van der Waals surface area contributed by atoms with Crippen LogP contribution in [0.4, 0.5) is 5.13 Å². The van der Waals surface area contributed by atoms with Gasteiger partial charge in [0.1, 0.15) is 11.8 Å². The molecule has 6 nitrogen and oxygen atoms in total. The zero-order valence-corrected chi connectivity index (χ0v) is 18.9. The summed E-state index contributed by atoms with van der Waals surface area (Å²) in [4.78, 5) is 41.0. The molecule has 0 spiro atoms. The monoisotopic (exact) mass is 455 g/mol. The van der Waals surface area contributed by atoms with Crippen molar-refractivity contribution in [1.29, 1.82) is 0 Å². The molecule has 1 atom stereocenters. The van der Waals surface area contributed by atoms with Gasteiger partial charge in [0.15, 0.2) is 5.13 Å². The number of carbonyl (C=O) groups excluding carboxylic acids is 3.